The molecule has 0 aromatic heterocycles. The first-order chi connectivity index (χ1) is 9.99. The average Bonchev–Trinajstić information content (AvgIpc) is 2.47. The lowest BCUT2D eigenvalue weighted by Gasteiger charge is -2.13. The van der Waals surface area contributed by atoms with E-state index in [0.29, 0.717) is 5.56 Å². The van der Waals surface area contributed by atoms with E-state index in [2.05, 4.69) is 5.32 Å². The van der Waals surface area contributed by atoms with Crippen LogP contribution in [0.5, 0.6) is 0 Å². The fourth-order valence-electron chi connectivity index (χ4n) is 2.03. The summed E-state index contributed by atoms with van der Waals surface area (Å²) in [6.45, 7) is 3.87. The van der Waals surface area contributed by atoms with E-state index >= 15 is 0 Å². The lowest BCUT2D eigenvalue weighted by Crippen LogP contribution is -2.28. The quantitative estimate of drug-likeness (QED) is 0.908. The molecule has 0 saturated heterocycles. The van der Waals surface area contributed by atoms with Crippen LogP contribution >= 0.6 is 0 Å². The molecule has 0 aliphatic heterocycles. The molecule has 0 radical (unpaired) electrons. The molecule has 2 aromatic rings. The number of carbonyl (C=O) groups is 1. The Labute approximate surface area is 123 Å². The van der Waals surface area contributed by atoms with Gasteiger partial charge in [0.15, 0.2) is 0 Å². The second kappa shape index (κ2) is 6.50. The molecule has 3 nitrogen and oxygen atoms in total. The highest BCUT2D eigenvalue weighted by molar-refractivity contribution is 5.94. The number of halogens is 1. The monoisotopic (exact) mass is 287 g/mol. The Morgan fingerprint density at radius 3 is 2.57 bits per heavy atom. The number of aryl methyl sites for hydroxylation is 2. The minimum atomic E-state index is -1.07. The van der Waals surface area contributed by atoms with Crippen molar-refractivity contribution in [1.82, 2.24) is 5.32 Å². The number of carbonyl (C=O) groups excluding carboxylic acids is 1. The number of benzene rings is 2. The Morgan fingerprint density at radius 1 is 1.19 bits per heavy atom. The van der Waals surface area contributed by atoms with Gasteiger partial charge in [-0.15, -0.1) is 0 Å². The molecule has 110 valence electrons. The Hall–Kier alpha value is -2.20. The first-order valence-electron chi connectivity index (χ1n) is 6.77. The van der Waals surface area contributed by atoms with Crippen molar-refractivity contribution in [2.24, 2.45) is 0 Å². The van der Waals surface area contributed by atoms with Crippen molar-refractivity contribution in [3.8, 4) is 0 Å². The molecule has 0 heterocycles. The lowest BCUT2D eigenvalue weighted by molar-refractivity contribution is 0.0914. The first-order valence-corrected chi connectivity index (χ1v) is 6.77. The van der Waals surface area contributed by atoms with Crippen molar-refractivity contribution in [3.05, 3.63) is 70.5 Å². The normalized spacial score (nSPS) is 12.0. The Kier molecular flexibility index (Phi) is 4.70. The zero-order chi connectivity index (χ0) is 15.4. The molecule has 0 bridgehead atoms. The molecule has 0 saturated carbocycles. The van der Waals surface area contributed by atoms with E-state index in [1.54, 1.807) is 24.3 Å². The number of aliphatic hydroxyl groups excluding tert-OH is 1. The Balaban J connectivity index is 2.01. The van der Waals surface area contributed by atoms with Gasteiger partial charge in [0, 0.05) is 17.7 Å². The van der Waals surface area contributed by atoms with Crippen molar-refractivity contribution >= 4 is 5.91 Å². The van der Waals surface area contributed by atoms with Crippen molar-refractivity contribution < 1.29 is 14.3 Å². The summed E-state index contributed by atoms with van der Waals surface area (Å²) in [5, 5.41) is 12.6. The van der Waals surface area contributed by atoms with E-state index < -0.39 is 11.9 Å². The smallest absolute Gasteiger partial charge is 0.251 e. The maximum Gasteiger partial charge on any atom is 0.251 e. The van der Waals surface area contributed by atoms with Gasteiger partial charge in [0.05, 0.1) is 6.10 Å². The summed E-state index contributed by atoms with van der Waals surface area (Å²) in [6, 6.07) is 11.4. The van der Waals surface area contributed by atoms with Crippen LogP contribution in [0.2, 0.25) is 0 Å². The Morgan fingerprint density at radius 2 is 1.90 bits per heavy atom. The topological polar surface area (TPSA) is 49.3 Å². The van der Waals surface area contributed by atoms with Gasteiger partial charge in [-0.1, -0.05) is 24.3 Å². The van der Waals surface area contributed by atoms with E-state index in [1.807, 2.05) is 19.9 Å². The molecular weight excluding hydrogens is 269 g/mol. The van der Waals surface area contributed by atoms with Gasteiger partial charge in [-0.05, 0) is 43.2 Å². The van der Waals surface area contributed by atoms with Crippen LogP contribution in [-0.4, -0.2) is 17.6 Å². The van der Waals surface area contributed by atoms with Gasteiger partial charge in [-0.2, -0.15) is 0 Å². The minimum Gasteiger partial charge on any atom is -0.386 e. The molecule has 1 unspecified atom stereocenters. The largest absolute Gasteiger partial charge is 0.386 e. The van der Waals surface area contributed by atoms with Gasteiger partial charge in [0.1, 0.15) is 5.82 Å². The third kappa shape index (κ3) is 3.67. The van der Waals surface area contributed by atoms with Crippen molar-refractivity contribution in [2.75, 3.05) is 6.54 Å². The third-order valence-corrected chi connectivity index (χ3v) is 3.49. The van der Waals surface area contributed by atoms with Crippen LogP contribution in [0.25, 0.3) is 0 Å². The van der Waals surface area contributed by atoms with Gasteiger partial charge in [0.25, 0.3) is 5.91 Å². The van der Waals surface area contributed by atoms with Crippen LogP contribution < -0.4 is 5.32 Å². The van der Waals surface area contributed by atoms with Gasteiger partial charge in [-0.3, -0.25) is 4.79 Å². The summed E-state index contributed by atoms with van der Waals surface area (Å²) in [4.78, 5) is 12.0. The van der Waals surface area contributed by atoms with E-state index in [0.717, 1.165) is 11.1 Å². The lowest BCUT2D eigenvalue weighted by atomic mass is 10.1. The van der Waals surface area contributed by atoms with Crippen LogP contribution in [0.15, 0.2) is 42.5 Å². The molecule has 0 aliphatic carbocycles. The van der Waals surface area contributed by atoms with Gasteiger partial charge >= 0.3 is 0 Å². The van der Waals surface area contributed by atoms with E-state index in [9.17, 15) is 14.3 Å². The van der Waals surface area contributed by atoms with Gasteiger partial charge < -0.3 is 10.4 Å². The average molecular weight is 287 g/mol. The summed E-state index contributed by atoms with van der Waals surface area (Å²) < 4.78 is 13.5. The summed E-state index contributed by atoms with van der Waals surface area (Å²) in [5.74, 6) is -0.765. The summed E-state index contributed by atoms with van der Waals surface area (Å²) in [7, 11) is 0. The zero-order valence-corrected chi connectivity index (χ0v) is 12.1. The van der Waals surface area contributed by atoms with Crippen LogP contribution in [0, 0.1) is 19.7 Å². The third-order valence-electron chi connectivity index (χ3n) is 3.49. The number of amides is 1. The van der Waals surface area contributed by atoms with E-state index in [-0.39, 0.29) is 18.0 Å². The molecule has 0 aliphatic rings. The Bertz CT molecular complexity index is 655. The van der Waals surface area contributed by atoms with Crippen molar-refractivity contribution in [3.63, 3.8) is 0 Å². The second-order valence-corrected chi connectivity index (χ2v) is 5.05. The van der Waals surface area contributed by atoms with Crippen LogP contribution in [0.3, 0.4) is 0 Å². The first kappa shape index (κ1) is 15.2. The van der Waals surface area contributed by atoms with Crippen molar-refractivity contribution in [1.29, 1.82) is 0 Å². The highest BCUT2D eigenvalue weighted by atomic mass is 19.1. The van der Waals surface area contributed by atoms with Gasteiger partial charge in [-0.25, -0.2) is 4.39 Å². The standard InChI is InChI=1S/C17H18FNO2/c1-11-7-8-13(9-12(11)2)17(21)19-10-16(20)14-5-3-4-6-15(14)18/h3-9,16,20H,10H2,1-2H3,(H,19,21). The molecule has 1 amide bonds. The molecule has 1 atom stereocenters. The summed E-state index contributed by atoms with van der Waals surface area (Å²) in [5.41, 5.74) is 2.84. The fourth-order valence-corrected chi connectivity index (χ4v) is 2.03. The molecule has 4 heteroatoms. The summed E-state index contributed by atoms with van der Waals surface area (Å²) >= 11 is 0. The van der Waals surface area contributed by atoms with Gasteiger partial charge in [0.2, 0.25) is 0 Å². The van der Waals surface area contributed by atoms with Crippen LogP contribution in [0.1, 0.15) is 33.2 Å². The predicted molar refractivity (Wildman–Crippen MR) is 79.6 cm³/mol. The fraction of sp³-hybridized carbons (Fsp3) is 0.235. The molecule has 0 spiro atoms. The molecule has 0 fully saturated rings. The molecule has 21 heavy (non-hydrogen) atoms. The second-order valence-electron chi connectivity index (χ2n) is 5.05. The molecule has 2 aromatic carbocycles. The molecule has 2 rings (SSSR count). The maximum atomic E-state index is 13.5. The number of rotatable bonds is 4. The number of hydrogen-bond acceptors (Lipinski definition) is 2. The van der Waals surface area contributed by atoms with E-state index in [1.165, 1.54) is 12.1 Å². The summed E-state index contributed by atoms with van der Waals surface area (Å²) in [6.07, 6.45) is -1.07. The van der Waals surface area contributed by atoms with E-state index in [4.69, 9.17) is 0 Å². The number of nitrogens with one attached hydrogen (secondary N) is 1. The van der Waals surface area contributed by atoms with Crippen LogP contribution in [-0.2, 0) is 0 Å². The number of hydrogen-bond donors (Lipinski definition) is 2. The van der Waals surface area contributed by atoms with Crippen molar-refractivity contribution in [2.45, 2.75) is 20.0 Å². The number of aliphatic hydroxyl groups is 1. The zero-order valence-electron chi connectivity index (χ0n) is 12.1. The maximum absolute atomic E-state index is 13.5. The SMILES string of the molecule is Cc1ccc(C(=O)NCC(O)c2ccccc2F)cc1C. The highest BCUT2D eigenvalue weighted by Gasteiger charge is 2.14. The minimum absolute atomic E-state index is 0.0350. The van der Waals surface area contributed by atoms with Crippen LogP contribution in [0.4, 0.5) is 4.39 Å². The molecular formula is C17H18FNO2. The predicted octanol–water partition coefficient (Wildman–Crippen LogP) is 2.91. The highest BCUT2D eigenvalue weighted by Crippen LogP contribution is 2.16. The molecule has 2 N–H and O–H groups in total.